The monoisotopic (exact) mass is 366 g/mol. The van der Waals surface area contributed by atoms with E-state index in [0.717, 1.165) is 30.9 Å². The summed E-state index contributed by atoms with van der Waals surface area (Å²) >= 11 is 0. The van der Waals surface area contributed by atoms with Crippen LogP contribution < -0.4 is 11.1 Å². The van der Waals surface area contributed by atoms with Gasteiger partial charge in [-0.3, -0.25) is 4.90 Å². The lowest BCUT2D eigenvalue weighted by molar-refractivity contribution is -0.0704. The summed E-state index contributed by atoms with van der Waals surface area (Å²) in [6.45, 7) is 9.83. The fraction of sp³-hybridized carbons (Fsp3) is 0.409. The second kappa shape index (κ2) is 9.02. The molecule has 144 valence electrons. The molecule has 5 nitrogen and oxygen atoms in total. The van der Waals surface area contributed by atoms with Crippen LogP contribution in [0.4, 0.5) is 5.69 Å². The molecule has 0 amide bonds. The Morgan fingerprint density at radius 1 is 1.04 bits per heavy atom. The molecule has 1 aliphatic heterocycles. The first-order chi connectivity index (χ1) is 13.0. The molecule has 5 heteroatoms. The summed E-state index contributed by atoms with van der Waals surface area (Å²) in [7, 11) is 0. The minimum atomic E-state index is 0.298. The number of nitrogens with one attached hydrogen (secondary N) is 1. The third-order valence-corrected chi connectivity index (χ3v) is 4.68. The van der Waals surface area contributed by atoms with E-state index in [2.05, 4.69) is 60.2 Å². The number of nitrogens with two attached hydrogens (primary N) is 1. The Bertz CT molecular complexity index is 745. The zero-order valence-corrected chi connectivity index (χ0v) is 16.5. The fourth-order valence-corrected chi connectivity index (χ4v) is 3.42. The van der Waals surface area contributed by atoms with Crippen LogP contribution in [0.1, 0.15) is 30.5 Å². The van der Waals surface area contributed by atoms with Gasteiger partial charge in [-0.25, -0.2) is 4.99 Å². The summed E-state index contributed by atoms with van der Waals surface area (Å²) in [6, 6.07) is 16.7. The van der Waals surface area contributed by atoms with Gasteiger partial charge in [-0.15, -0.1) is 0 Å². The van der Waals surface area contributed by atoms with Gasteiger partial charge in [0.15, 0.2) is 5.96 Å². The normalized spacial score (nSPS) is 21.2. The van der Waals surface area contributed by atoms with Gasteiger partial charge in [0.1, 0.15) is 0 Å². The SMILES string of the molecule is Cc1ccc(NC(N)=NCc2ccc(CN3CC(C)OC(C)C3)cc2)cc1. The zero-order valence-electron chi connectivity index (χ0n) is 16.5. The average molecular weight is 367 g/mol. The summed E-state index contributed by atoms with van der Waals surface area (Å²) < 4.78 is 5.80. The largest absolute Gasteiger partial charge is 0.373 e. The first-order valence-electron chi connectivity index (χ1n) is 9.57. The highest BCUT2D eigenvalue weighted by Crippen LogP contribution is 2.15. The molecular formula is C22H30N4O. The van der Waals surface area contributed by atoms with Crippen LogP contribution in [-0.2, 0) is 17.8 Å². The molecule has 0 radical (unpaired) electrons. The van der Waals surface area contributed by atoms with E-state index in [9.17, 15) is 0 Å². The molecule has 2 aromatic carbocycles. The minimum absolute atomic E-state index is 0.298. The van der Waals surface area contributed by atoms with Crippen LogP contribution in [-0.4, -0.2) is 36.2 Å². The topological polar surface area (TPSA) is 62.9 Å². The molecule has 0 aromatic heterocycles. The van der Waals surface area contributed by atoms with Crippen LogP contribution >= 0.6 is 0 Å². The first-order valence-corrected chi connectivity index (χ1v) is 9.57. The summed E-state index contributed by atoms with van der Waals surface area (Å²) in [4.78, 5) is 6.89. The van der Waals surface area contributed by atoms with Gasteiger partial charge in [-0.1, -0.05) is 42.0 Å². The van der Waals surface area contributed by atoms with Gasteiger partial charge >= 0.3 is 0 Å². The number of ether oxygens (including phenoxy) is 1. The van der Waals surface area contributed by atoms with Gasteiger partial charge in [0.25, 0.3) is 0 Å². The minimum Gasteiger partial charge on any atom is -0.373 e. The Labute approximate surface area is 162 Å². The molecule has 0 aliphatic carbocycles. The van der Waals surface area contributed by atoms with Gasteiger partial charge in [-0.05, 0) is 44.0 Å². The highest BCUT2D eigenvalue weighted by molar-refractivity contribution is 5.92. The number of morpholine rings is 1. The number of hydrogen-bond acceptors (Lipinski definition) is 3. The van der Waals surface area contributed by atoms with Crippen molar-refractivity contribution in [2.45, 2.75) is 46.1 Å². The lowest BCUT2D eigenvalue weighted by atomic mass is 10.1. The van der Waals surface area contributed by atoms with E-state index in [-0.39, 0.29) is 0 Å². The number of anilines is 1. The molecule has 1 heterocycles. The van der Waals surface area contributed by atoms with Crippen LogP contribution in [0.2, 0.25) is 0 Å². The summed E-state index contributed by atoms with van der Waals surface area (Å²) in [5.74, 6) is 0.430. The van der Waals surface area contributed by atoms with Crippen molar-refractivity contribution in [2.24, 2.45) is 10.7 Å². The molecule has 3 N–H and O–H groups in total. The van der Waals surface area contributed by atoms with Crippen molar-refractivity contribution in [3.8, 4) is 0 Å². The van der Waals surface area contributed by atoms with Crippen molar-refractivity contribution < 1.29 is 4.74 Å². The third-order valence-electron chi connectivity index (χ3n) is 4.68. The molecule has 0 bridgehead atoms. The van der Waals surface area contributed by atoms with Crippen molar-refractivity contribution >= 4 is 11.6 Å². The van der Waals surface area contributed by atoms with Gasteiger partial charge in [0, 0.05) is 25.3 Å². The highest BCUT2D eigenvalue weighted by Gasteiger charge is 2.21. The Kier molecular flexibility index (Phi) is 6.48. The molecule has 3 rings (SSSR count). The standard InChI is InChI=1S/C22H30N4O/c1-16-4-10-21(11-5-16)25-22(23)24-12-19-6-8-20(9-7-19)15-26-13-17(2)27-18(3)14-26/h4-11,17-18H,12-15H2,1-3H3,(H3,23,24,25). The van der Waals surface area contributed by atoms with Crippen LogP contribution in [0.15, 0.2) is 53.5 Å². The number of benzene rings is 2. The molecule has 27 heavy (non-hydrogen) atoms. The van der Waals surface area contributed by atoms with Crippen molar-refractivity contribution in [1.29, 1.82) is 0 Å². The molecule has 0 spiro atoms. The lowest BCUT2D eigenvalue weighted by Crippen LogP contribution is -2.44. The predicted octanol–water partition coefficient (Wildman–Crippen LogP) is 3.53. The van der Waals surface area contributed by atoms with E-state index in [1.54, 1.807) is 0 Å². The van der Waals surface area contributed by atoms with E-state index in [1.165, 1.54) is 11.1 Å². The van der Waals surface area contributed by atoms with Crippen molar-refractivity contribution in [2.75, 3.05) is 18.4 Å². The van der Waals surface area contributed by atoms with Crippen LogP contribution in [0, 0.1) is 6.92 Å². The fourth-order valence-electron chi connectivity index (χ4n) is 3.42. The van der Waals surface area contributed by atoms with Gasteiger partial charge in [-0.2, -0.15) is 0 Å². The van der Waals surface area contributed by atoms with Crippen LogP contribution in [0.5, 0.6) is 0 Å². The lowest BCUT2D eigenvalue weighted by Gasteiger charge is -2.35. The summed E-state index contributed by atoms with van der Waals surface area (Å²) in [5.41, 5.74) is 10.6. The zero-order chi connectivity index (χ0) is 19.2. The Balaban J connectivity index is 1.51. The van der Waals surface area contributed by atoms with Crippen molar-refractivity contribution in [1.82, 2.24) is 4.90 Å². The van der Waals surface area contributed by atoms with Crippen LogP contribution in [0.3, 0.4) is 0 Å². The summed E-state index contributed by atoms with van der Waals surface area (Å²) in [6.07, 6.45) is 0.595. The van der Waals surface area contributed by atoms with Crippen molar-refractivity contribution in [3.05, 3.63) is 65.2 Å². The maximum absolute atomic E-state index is 5.99. The molecular weight excluding hydrogens is 336 g/mol. The van der Waals surface area contributed by atoms with E-state index in [0.29, 0.717) is 24.7 Å². The Morgan fingerprint density at radius 3 is 2.26 bits per heavy atom. The smallest absolute Gasteiger partial charge is 0.193 e. The first kappa shape index (κ1) is 19.4. The number of nitrogens with zero attached hydrogens (tertiary/aromatic N) is 2. The number of rotatable bonds is 5. The average Bonchev–Trinajstić information content (AvgIpc) is 2.62. The number of guanidine groups is 1. The summed E-state index contributed by atoms with van der Waals surface area (Å²) in [5, 5.41) is 3.12. The molecule has 1 aliphatic rings. The van der Waals surface area contributed by atoms with Crippen molar-refractivity contribution in [3.63, 3.8) is 0 Å². The molecule has 2 aromatic rings. The molecule has 1 fully saturated rings. The number of aliphatic imine (C=N–C) groups is 1. The van der Waals surface area contributed by atoms with Gasteiger partial charge < -0.3 is 15.8 Å². The molecule has 1 saturated heterocycles. The van der Waals surface area contributed by atoms with E-state index in [4.69, 9.17) is 10.5 Å². The Hall–Kier alpha value is -2.37. The third kappa shape index (κ3) is 6.08. The predicted molar refractivity (Wildman–Crippen MR) is 112 cm³/mol. The van der Waals surface area contributed by atoms with E-state index in [1.807, 2.05) is 24.3 Å². The highest BCUT2D eigenvalue weighted by atomic mass is 16.5. The molecule has 0 saturated carbocycles. The van der Waals surface area contributed by atoms with E-state index >= 15 is 0 Å². The maximum Gasteiger partial charge on any atom is 0.193 e. The van der Waals surface area contributed by atoms with Crippen LogP contribution in [0.25, 0.3) is 0 Å². The van der Waals surface area contributed by atoms with E-state index < -0.39 is 0 Å². The number of aryl methyl sites for hydroxylation is 1. The second-order valence-electron chi connectivity index (χ2n) is 7.46. The number of hydrogen-bond donors (Lipinski definition) is 2. The van der Waals surface area contributed by atoms with Gasteiger partial charge in [0.05, 0.1) is 18.8 Å². The second-order valence-corrected chi connectivity index (χ2v) is 7.46. The maximum atomic E-state index is 5.99. The van der Waals surface area contributed by atoms with Gasteiger partial charge in [0.2, 0.25) is 0 Å². The Morgan fingerprint density at radius 2 is 1.63 bits per heavy atom. The quantitative estimate of drug-likeness (QED) is 0.628. The molecule has 2 atom stereocenters. The molecule has 2 unspecified atom stereocenters.